The van der Waals surface area contributed by atoms with Crippen LogP contribution < -0.4 is 10.9 Å². The number of nitrogens with zero attached hydrogens (tertiary/aromatic N) is 4. The maximum absolute atomic E-state index is 12.6. The molecule has 0 spiro atoms. The quantitative estimate of drug-likeness (QED) is 0.818. The highest BCUT2D eigenvalue weighted by molar-refractivity contribution is 5.68. The van der Waals surface area contributed by atoms with Gasteiger partial charge in [0.25, 0.3) is 5.56 Å². The van der Waals surface area contributed by atoms with Crippen LogP contribution in [0, 0.1) is 0 Å². The van der Waals surface area contributed by atoms with Gasteiger partial charge in [-0.3, -0.25) is 9.69 Å². The first-order valence-electron chi connectivity index (χ1n) is 9.30. The first-order valence-corrected chi connectivity index (χ1v) is 9.30. The van der Waals surface area contributed by atoms with Gasteiger partial charge in [-0.2, -0.15) is 0 Å². The Bertz CT molecular complexity index is 891. The van der Waals surface area contributed by atoms with Crippen LogP contribution >= 0.6 is 0 Å². The number of nitrogens with one attached hydrogen (secondary N) is 2. The van der Waals surface area contributed by atoms with E-state index in [9.17, 15) is 9.59 Å². The summed E-state index contributed by atoms with van der Waals surface area (Å²) in [7, 11) is 0. The van der Waals surface area contributed by atoms with E-state index in [0.717, 1.165) is 12.2 Å². The first-order chi connectivity index (χ1) is 13.2. The van der Waals surface area contributed by atoms with Gasteiger partial charge in [0.2, 0.25) is 0 Å². The van der Waals surface area contributed by atoms with Crippen LogP contribution in [-0.4, -0.2) is 55.7 Å². The maximum Gasteiger partial charge on any atom is 0.407 e. The monoisotopic (exact) mass is 386 g/mol. The Labute approximate surface area is 163 Å². The number of aromatic amines is 1. The van der Waals surface area contributed by atoms with Crippen molar-refractivity contribution in [3.8, 4) is 11.4 Å². The van der Waals surface area contributed by atoms with E-state index in [1.807, 2.05) is 27.7 Å². The molecule has 1 aliphatic rings. The molecule has 3 rings (SSSR count). The summed E-state index contributed by atoms with van der Waals surface area (Å²) in [6.07, 6.45) is 4.91. The number of alkyl carbamates (subject to hydrolysis) is 1. The van der Waals surface area contributed by atoms with Crippen LogP contribution in [0.15, 0.2) is 23.5 Å². The molecule has 150 valence electrons. The molecule has 0 saturated carbocycles. The van der Waals surface area contributed by atoms with Crippen molar-refractivity contribution in [1.29, 1.82) is 0 Å². The molecule has 0 fully saturated rings. The number of carbonyl (C=O) groups is 1. The largest absolute Gasteiger partial charge is 0.444 e. The predicted octanol–water partition coefficient (Wildman–Crippen LogP) is 1.50. The van der Waals surface area contributed by atoms with Crippen molar-refractivity contribution < 1.29 is 9.53 Å². The van der Waals surface area contributed by atoms with Gasteiger partial charge in [0.05, 0.1) is 16.8 Å². The molecule has 0 aliphatic carbocycles. The highest BCUT2D eigenvalue weighted by Crippen LogP contribution is 2.17. The molecule has 1 amide bonds. The van der Waals surface area contributed by atoms with E-state index in [0.29, 0.717) is 36.5 Å². The Morgan fingerprint density at radius 2 is 2.07 bits per heavy atom. The molecule has 9 heteroatoms. The van der Waals surface area contributed by atoms with Crippen molar-refractivity contribution in [3.63, 3.8) is 0 Å². The van der Waals surface area contributed by atoms with Crippen molar-refractivity contribution in [3.05, 3.63) is 40.3 Å². The number of carbonyl (C=O) groups excluding carboxylic acids is 1. The summed E-state index contributed by atoms with van der Waals surface area (Å²) in [5, 5.41) is 2.83. The molecule has 0 bridgehead atoms. The summed E-state index contributed by atoms with van der Waals surface area (Å²) < 4.78 is 5.28. The summed E-state index contributed by atoms with van der Waals surface area (Å²) in [5.74, 6) is 0.484. The van der Waals surface area contributed by atoms with Gasteiger partial charge in [-0.1, -0.05) is 0 Å². The summed E-state index contributed by atoms with van der Waals surface area (Å²) in [6.45, 7) is 9.26. The minimum Gasteiger partial charge on any atom is -0.444 e. The van der Waals surface area contributed by atoms with Crippen LogP contribution in [0.25, 0.3) is 11.4 Å². The van der Waals surface area contributed by atoms with Crippen LogP contribution in [-0.2, 0) is 17.7 Å². The highest BCUT2D eigenvalue weighted by Gasteiger charge is 2.24. The molecule has 1 atom stereocenters. The fraction of sp³-hybridized carbons (Fsp3) is 0.526. The average molecular weight is 386 g/mol. The molecule has 9 nitrogen and oxygen atoms in total. The molecular formula is C19H26N6O3. The Balaban J connectivity index is 1.65. The van der Waals surface area contributed by atoms with Crippen molar-refractivity contribution >= 4 is 6.09 Å². The van der Waals surface area contributed by atoms with Gasteiger partial charge >= 0.3 is 6.09 Å². The zero-order chi connectivity index (χ0) is 20.3. The molecule has 28 heavy (non-hydrogen) atoms. The molecule has 0 saturated heterocycles. The number of H-pyrrole nitrogens is 1. The van der Waals surface area contributed by atoms with Crippen LogP contribution in [0.4, 0.5) is 4.79 Å². The third-order valence-corrected chi connectivity index (χ3v) is 4.28. The lowest BCUT2D eigenvalue weighted by Crippen LogP contribution is -2.46. The lowest BCUT2D eigenvalue weighted by Gasteiger charge is -2.30. The van der Waals surface area contributed by atoms with E-state index < -0.39 is 11.7 Å². The Kier molecular flexibility index (Phi) is 5.73. The topological polar surface area (TPSA) is 113 Å². The number of aromatic nitrogens is 4. The van der Waals surface area contributed by atoms with Gasteiger partial charge in [-0.25, -0.2) is 19.7 Å². The second kappa shape index (κ2) is 8.05. The third-order valence-electron chi connectivity index (χ3n) is 4.28. The summed E-state index contributed by atoms with van der Waals surface area (Å²) in [5.41, 5.74) is 1.46. The number of hydrogen-bond acceptors (Lipinski definition) is 7. The third kappa shape index (κ3) is 5.13. The smallest absolute Gasteiger partial charge is 0.407 e. The fourth-order valence-corrected chi connectivity index (χ4v) is 3.14. The Morgan fingerprint density at radius 1 is 1.36 bits per heavy atom. The lowest BCUT2D eigenvalue weighted by atomic mass is 10.1. The number of fused-ring (bicyclic) bond motifs is 1. The second-order valence-corrected chi connectivity index (χ2v) is 8.00. The van der Waals surface area contributed by atoms with Gasteiger partial charge in [-0.05, 0) is 27.7 Å². The van der Waals surface area contributed by atoms with Crippen LogP contribution in [0.3, 0.4) is 0 Å². The van der Waals surface area contributed by atoms with Crippen LogP contribution in [0.5, 0.6) is 0 Å². The summed E-state index contributed by atoms with van der Waals surface area (Å²) in [6, 6.07) is -0.107. The molecule has 1 unspecified atom stereocenters. The van der Waals surface area contributed by atoms with Gasteiger partial charge in [0.1, 0.15) is 17.8 Å². The van der Waals surface area contributed by atoms with E-state index in [4.69, 9.17) is 4.74 Å². The van der Waals surface area contributed by atoms with E-state index >= 15 is 0 Å². The number of ether oxygens (including phenoxy) is 1. The van der Waals surface area contributed by atoms with Gasteiger partial charge in [0.15, 0.2) is 0 Å². The molecule has 2 aromatic rings. The number of hydrogen-bond donors (Lipinski definition) is 2. The molecule has 2 aromatic heterocycles. The average Bonchev–Trinajstić information content (AvgIpc) is 2.61. The number of amides is 1. The minimum absolute atomic E-state index is 0.107. The second-order valence-electron chi connectivity index (χ2n) is 8.00. The zero-order valence-electron chi connectivity index (χ0n) is 16.7. The van der Waals surface area contributed by atoms with Crippen LogP contribution in [0.2, 0.25) is 0 Å². The highest BCUT2D eigenvalue weighted by atomic mass is 16.6. The standard InChI is InChI=1S/C19H26N6O3/c1-12(22-18(27)28-19(2,3)4)9-25-6-5-15-14(10-25)17(26)24-16(23-15)13-7-20-11-21-8-13/h7-8,11-12H,5-6,9-10H2,1-4H3,(H,22,27)(H,23,24,26). The molecule has 2 N–H and O–H groups in total. The molecular weight excluding hydrogens is 360 g/mol. The van der Waals surface area contributed by atoms with Crippen molar-refractivity contribution in [2.75, 3.05) is 13.1 Å². The minimum atomic E-state index is -0.533. The predicted molar refractivity (Wildman–Crippen MR) is 104 cm³/mol. The summed E-state index contributed by atoms with van der Waals surface area (Å²) in [4.78, 5) is 42.0. The van der Waals surface area contributed by atoms with E-state index in [-0.39, 0.29) is 11.6 Å². The SMILES string of the molecule is CC(CN1CCc2nc(-c3cncnc3)[nH]c(=O)c2C1)NC(=O)OC(C)(C)C. The van der Waals surface area contributed by atoms with E-state index in [2.05, 4.69) is 30.2 Å². The Hall–Kier alpha value is -2.81. The molecule has 0 radical (unpaired) electrons. The lowest BCUT2D eigenvalue weighted by molar-refractivity contribution is 0.0495. The van der Waals surface area contributed by atoms with Crippen molar-refractivity contribution in [2.24, 2.45) is 0 Å². The summed E-state index contributed by atoms with van der Waals surface area (Å²) >= 11 is 0. The van der Waals surface area contributed by atoms with Crippen LogP contribution in [0.1, 0.15) is 39.0 Å². The normalized spacial score (nSPS) is 15.6. The van der Waals surface area contributed by atoms with E-state index in [1.54, 1.807) is 12.4 Å². The van der Waals surface area contributed by atoms with Crippen molar-refractivity contribution in [1.82, 2.24) is 30.2 Å². The van der Waals surface area contributed by atoms with Gasteiger partial charge in [-0.15, -0.1) is 0 Å². The van der Waals surface area contributed by atoms with Crippen molar-refractivity contribution in [2.45, 2.75) is 52.3 Å². The molecule has 1 aliphatic heterocycles. The molecule has 0 aromatic carbocycles. The van der Waals surface area contributed by atoms with Gasteiger partial charge < -0.3 is 15.0 Å². The van der Waals surface area contributed by atoms with E-state index in [1.165, 1.54) is 6.33 Å². The maximum atomic E-state index is 12.6. The Morgan fingerprint density at radius 3 is 2.75 bits per heavy atom. The first kappa shape index (κ1) is 19.9. The van der Waals surface area contributed by atoms with Gasteiger partial charge in [0, 0.05) is 44.5 Å². The number of rotatable bonds is 4. The zero-order valence-corrected chi connectivity index (χ0v) is 16.7. The fourth-order valence-electron chi connectivity index (χ4n) is 3.14. The molecule has 3 heterocycles.